The molecule has 1 saturated heterocycles. The van der Waals surface area contributed by atoms with Gasteiger partial charge in [0.2, 0.25) is 0 Å². The second kappa shape index (κ2) is 3.18. The number of methoxy groups -OCH3 is 1. The van der Waals surface area contributed by atoms with Crippen LogP contribution < -0.4 is 0 Å². The molecule has 0 aromatic carbocycles. The molecular formula is C7H14O2. The monoisotopic (exact) mass is 130 g/mol. The summed E-state index contributed by atoms with van der Waals surface area (Å²) in [6.07, 6.45) is 1.53. The molecule has 2 heteroatoms. The van der Waals surface area contributed by atoms with Gasteiger partial charge in [-0.3, -0.25) is 0 Å². The molecule has 9 heavy (non-hydrogen) atoms. The topological polar surface area (TPSA) is 18.5 Å². The van der Waals surface area contributed by atoms with Crippen LogP contribution in [-0.4, -0.2) is 26.4 Å². The van der Waals surface area contributed by atoms with Gasteiger partial charge in [0.25, 0.3) is 0 Å². The van der Waals surface area contributed by atoms with E-state index in [1.54, 1.807) is 7.11 Å². The Morgan fingerprint density at radius 3 is 2.89 bits per heavy atom. The number of hydrogen-bond donors (Lipinski definition) is 0. The van der Waals surface area contributed by atoms with Gasteiger partial charge in [0.1, 0.15) is 0 Å². The average molecular weight is 130 g/mol. The van der Waals surface area contributed by atoms with Crippen LogP contribution in [0.15, 0.2) is 0 Å². The van der Waals surface area contributed by atoms with E-state index in [1.165, 1.54) is 0 Å². The van der Waals surface area contributed by atoms with E-state index >= 15 is 0 Å². The molecule has 0 radical (unpaired) electrons. The average Bonchev–Trinajstić information content (AvgIpc) is 2.17. The van der Waals surface area contributed by atoms with Crippen molar-refractivity contribution in [1.82, 2.24) is 0 Å². The van der Waals surface area contributed by atoms with Crippen LogP contribution >= 0.6 is 0 Å². The molecule has 0 saturated carbocycles. The summed E-state index contributed by atoms with van der Waals surface area (Å²) >= 11 is 0. The lowest BCUT2D eigenvalue weighted by molar-refractivity contribution is 0.0371. The fraction of sp³-hybridized carbons (Fsp3) is 1.00. The van der Waals surface area contributed by atoms with Crippen molar-refractivity contribution in [2.75, 3.05) is 20.3 Å². The Morgan fingerprint density at radius 2 is 2.44 bits per heavy atom. The third-order valence-corrected chi connectivity index (χ3v) is 1.63. The van der Waals surface area contributed by atoms with Gasteiger partial charge in [0, 0.05) is 13.7 Å². The van der Waals surface area contributed by atoms with Gasteiger partial charge in [-0.05, 0) is 12.3 Å². The number of rotatable bonds is 2. The van der Waals surface area contributed by atoms with Crippen LogP contribution in [0.25, 0.3) is 0 Å². The highest BCUT2D eigenvalue weighted by Gasteiger charge is 2.21. The van der Waals surface area contributed by atoms with Crippen LogP contribution in [-0.2, 0) is 9.47 Å². The van der Waals surface area contributed by atoms with Crippen LogP contribution in [0.1, 0.15) is 13.3 Å². The minimum atomic E-state index is 0.366. The molecule has 1 aliphatic heterocycles. The summed E-state index contributed by atoms with van der Waals surface area (Å²) in [6.45, 7) is 3.87. The molecule has 1 aliphatic rings. The van der Waals surface area contributed by atoms with E-state index in [0.29, 0.717) is 6.10 Å². The zero-order valence-corrected chi connectivity index (χ0v) is 6.09. The van der Waals surface area contributed by atoms with E-state index in [4.69, 9.17) is 9.47 Å². The highest BCUT2D eigenvalue weighted by atomic mass is 16.5. The van der Waals surface area contributed by atoms with Crippen molar-refractivity contribution < 1.29 is 9.47 Å². The van der Waals surface area contributed by atoms with Crippen molar-refractivity contribution in [3.63, 3.8) is 0 Å². The molecule has 1 rings (SSSR count). The first-order valence-corrected chi connectivity index (χ1v) is 3.43. The Kier molecular flexibility index (Phi) is 2.49. The van der Waals surface area contributed by atoms with E-state index in [9.17, 15) is 0 Å². The van der Waals surface area contributed by atoms with Crippen molar-refractivity contribution in [3.8, 4) is 0 Å². The van der Waals surface area contributed by atoms with Gasteiger partial charge in [0.05, 0.1) is 12.7 Å². The van der Waals surface area contributed by atoms with Crippen LogP contribution in [0.4, 0.5) is 0 Å². The third kappa shape index (κ3) is 1.95. The lowest BCUT2D eigenvalue weighted by Gasteiger charge is -2.05. The van der Waals surface area contributed by atoms with Crippen molar-refractivity contribution >= 4 is 0 Å². The summed E-state index contributed by atoms with van der Waals surface area (Å²) < 4.78 is 10.3. The zero-order valence-electron chi connectivity index (χ0n) is 6.09. The molecule has 0 N–H and O–H groups in total. The molecule has 1 fully saturated rings. The van der Waals surface area contributed by atoms with Crippen molar-refractivity contribution in [3.05, 3.63) is 0 Å². The smallest absolute Gasteiger partial charge is 0.0811 e. The van der Waals surface area contributed by atoms with Crippen LogP contribution in [0, 0.1) is 5.92 Å². The SMILES string of the molecule is COC[C@@H]1CC(C)CO1. The van der Waals surface area contributed by atoms with Gasteiger partial charge >= 0.3 is 0 Å². The molecule has 2 nitrogen and oxygen atoms in total. The van der Waals surface area contributed by atoms with E-state index in [-0.39, 0.29) is 0 Å². The number of hydrogen-bond acceptors (Lipinski definition) is 2. The molecule has 0 aromatic heterocycles. The van der Waals surface area contributed by atoms with Crippen molar-refractivity contribution in [1.29, 1.82) is 0 Å². The van der Waals surface area contributed by atoms with Crippen molar-refractivity contribution in [2.24, 2.45) is 5.92 Å². The van der Waals surface area contributed by atoms with E-state index in [0.717, 1.165) is 25.6 Å². The first-order valence-electron chi connectivity index (χ1n) is 3.43. The standard InChI is InChI=1S/C7H14O2/c1-6-3-7(5-8-2)9-4-6/h6-7H,3-5H2,1-2H3/t6?,7-/m0/s1. The van der Waals surface area contributed by atoms with Crippen molar-refractivity contribution in [2.45, 2.75) is 19.4 Å². The Hall–Kier alpha value is -0.0800. The van der Waals surface area contributed by atoms with Gasteiger partial charge in [-0.15, -0.1) is 0 Å². The summed E-state index contributed by atoms with van der Waals surface area (Å²) in [6, 6.07) is 0. The fourth-order valence-corrected chi connectivity index (χ4v) is 1.19. The second-order valence-electron chi connectivity index (χ2n) is 2.75. The lowest BCUT2D eigenvalue weighted by atomic mass is 10.1. The van der Waals surface area contributed by atoms with Gasteiger partial charge in [0.15, 0.2) is 0 Å². The van der Waals surface area contributed by atoms with Gasteiger partial charge < -0.3 is 9.47 Å². The Balaban J connectivity index is 2.14. The molecule has 1 unspecified atom stereocenters. The van der Waals surface area contributed by atoms with Gasteiger partial charge in [-0.1, -0.05) is 6.92 Å². The molecule has 0 spiro atoms. The van der Waals surface area contributed by atoms with E-state index in [2.05, 4.69) is 6.92 Å². The molecule has 2 atom stereocenters. The second-order valence-corrected chi connectivity index (χ2v) is 2.75. The molecule has 54 valence electrons. The van der Waals surface area contributed by atoms with Gasteiger partial charge in [-0.25, -0.2) is 0 Å². The maximum Gasteiger partial charge on any atom is 0.0811 e. The highest BCUT2D eigenvalue weighted by molar-refractivity contribution is 4.69. The van der Waals surface area contributed by atoms with E-state index < -0.39 is 0 Å². The maximum absolute atomic E-state index is 5.38. The quantitative estimate of drug-likeness (QED) is 0.556. The Bertz CT molecular complexity index is 81.0. The Morgan fingerprint density at radius 1 is 1.67 bits per heavy atom. The normalized spacial score (nSPS) is 35.3. The predicted octanol–water partition coefficient (Wildman–Crippen LogP) is 1.06. The lowest BCUT2D eigenvalue weighted by Crippen LogP contribution is -2.12. The molecular weight excluding hydrogens is 116 g/mol. The van der Waals surface area contributed by atoms with Gasteiger partial charge in [-0.2, -0.15) is 0 Å². The molecule has 1 heterocycles. The minimum absolute atomic E-state index is 0.366. The molecule has 0 amide bonds. The van der Waals surface area contributed by atoms with Crippen LogP contribution in [0.2, 0.25) is 0 Å². The summed E-state index contributed by atoms with van der Waals surface area (Å²) in [5.41, 5.74) is 0. The van der Waals surface area contributed by atoms with Crippen LogP contribution in [0.3, 0.4) is 0 Å². The first kappa shape index (κ1) is 7.03. The van der Waals surface area contributed by atoms with Crippen LogP contribution in [0.5, 0.6) is 0 Å². The summed E-state index contributed by atoms with van der Waals surface area (Å²) in [5.74, 6) is 0.727. The summed E-state index contributed by atoms with van der Waals surface area (Å²) in [4.78, 5) is 0. The third-order valence-electron chi connectivity index (χ3n) is 1.63. The minimum Gasteiger partial charge on any atom is -0.382 e. The van der Waals surface area contributed by atoms with E-state index in [1.807, 2.05) is 0 Å². The first-order chi connectivity index (χ1) is 4.33. The number of ether oxygens (including phenoxy) is 2. The highest BCUT2D eigenvalue weighted by Crippen LogP contribution is 2.18. The Labute approximate surface area is 56.2 Å². The zero-order chi connectivity index (χ0) is 6.69. The molecule has 0 aliphatic carbocycles. The molecule has 0 aromatic rings. The maximum atomic E-state index is 5.38. The summed E-state index contributed by atoms with van der Waals surface area (Å²) in [7, 11) is 1.71. The fourth-order valence-electron chi connectivity index (χ4n) is 1.19. The largest absolute Gasteiger partial charge is 0.382 e. The predicted molar refractivity (Wildman–Crippen MR) is 35.4 cm³/mol. The summed E-state index contributed by atoms with van der Waals surface area (Å²) in [5, 5.41) is 0. The molecule has 0 bridgehead atoms.